The van der Waals surface area contributed by atoms with E-state index in [1.165, 1.54) is 5.56 Å². The van der Waals surface area contributed by atoms with Gasteiger partial charge >= 0.3 is 6.09 Å². The number of rotatable bonds is 6. The van der Waals surface area contributed by atoms with Crippen molar-refractivity contribution in [3.63, 3.8) is 0 Å². The van der Waals surface area contributed by atoms with Crippen LogP contribution in [0.5, 0.6) is 5.75 Å². The van der Waals surface area contributed by atoms with Crippen LogP contribution in [-0.4, -0.2) is 12.7 Å². The molecule has 0 bridgehead atoms. The third-order valence-electron chi connectivity index (χ3n) is 4.02. The van der Waals surface area contributed by atoms with Crippen LogP contribution in [0.2, 0.25) is 0 Å². The lowest BCUT2D eigenvalue weighted by Crippen LogP contribution is -2.17. The van der Waals surface area contributed by atoms with Gasteiger partial charge in [-0.15, -0.1) is 0 Å². The van der Waals surface area contributed by atoms with E-state index in [1.54, 1.807) is 6.92 Å². The minimum atomic E-state index is -0.441. The normalized spacial score (nSPS) is 10.6. The number of para-hydroxylation sites is 1. The molecular formula is C21H27NO3. The monoisotopic (exact) mass is 341 g/mol. The lowest BCUT2D eigenvalue weighted by atomic mass is 9.98. The molecule has 0 saturated carbocycles. The van der Waals surface area contributed by atoms with Crippen molar-refractivity contribution in [3.8, 4) is 5.75 Å². The van der Waals surface area contributed by atoms with Gasteiger partial charge in [0.2, 0.25) is 0 Å². The summed E-state index contributed by atoms with van der Waals surface area (Å²) in [7, 11) is 0. The van der Waals surface area contributed by atoms with Crippen molar-refractivity contribution in [2.45, 2.75) is 47.1 Å². The summed E-state index contributed by atoms with van der Waals surface area (Å²) in [5, 5.41) is 2.88. The molecule has 0 atom stereocenters. The Morgan fingerprint density at radius 1 is 1.16 bits per heavy atom. The molecule has 4 heteroatoms. The molecule has 134 valence electrons. The first-order valence-electron chi connectivity index (χ1n) is 8.68. The van der Waals surface area contributed by atoms with Gasteiger partial charge in [0.05, 0.1) is 12.3 Å². The van der Waals surface area contributed by atoms with Crippen LogP contribution in [0.15, 0.2) is 36.4 Å². The first-order chi connectivity index (χ1) is 11.9. The highest BCUT2D eigenvalue weighted by Crippen LogP contribution is 2.29. The minimum absolute atomic E-state index is 0.276. The van der Waals surface area contributed by atoms with E-state index in [4.69, 9.17) is 9.47 Å². The van der Waals surface area contributed by atoms with Crippen molar-refractivity contribution < 1.29 is 14.3 Å². The summed E-state index contributed by atoms with van der Waals surface area (Å²) >= 11 is 0. The first kappa shape index (κ1) is 18.8. The average Bonchev–Trinajstić information content (AvgIpc) is 2.55. The van der Waals surface area contributed by atoms with Crippen LogP contribution in [-0.2, 0) is 11.3 Å². The smallest absolute Gasteiger partial charge is 0.411 e. The summed E-state index contributed by atoms with van der Waals surface area (Å²) in [5.41, 5.74) is 5.07. The largest absolute Gasteiger partial charge is 0.489 e. The molecule has 1 N–H and O–H groups in total. The second-order valence-corrected chi connectivity index (χ2v) is 6.44. The van der Waals surface area contributed by atoms with Gasteiger partial charge in [0, 0.05) is 5.56 Å². The summed E-state index contributed by atoms with van der Waals surface area (Å²) in [6.45, 7) is 10.8. The Kier molecular flexibility index (Phi) is 6.45. The second kappa shape index (κ2) is 8.56. The summed E-state index contributed by atoms with van der Waals surface area (Å²) in [6, 6.07) is 12.1. The van der Waals surface area contributed by atoms with Crippen LogP contribution in [0.1, 0.15) is 48.9 Å². The van der Waals surface area contributed by atoms with Crippen molar-refractivity contribution in [3.05, 3.63) is 58.7 Å². The van der Waals surface area contributed by atoms with Crippen LogP contribution in [0, 0.1) is 13.8 Å². The highest BCUT2D eigenvalue weighted by Gasteiger charge is 2.15. The lowest BCUT2D eigenvalue weighted by molar-refractivity contribution is 0.168. The second-order valence-electron chi connectivity index (χ2n) is 6.44. The van der Waals surface area contributed by atoms with E-state index >= 15 is 0 Å². The number of aryl methyl sites for hydroxylation is 2. The maximum Gasteiger partial charge on any atom is 0.411 e. The molecule has 25 heavy (non-hydrogen) atoms. The van der Waals surface area contributed by atoms with E-state index in [2.05, 4.69) is 32.2 Å². The number of anilines is 1. The standard InChI is InChI=1S/C21H27NO3/c1-6-24-21(23)22-20-17(8-7-9-18(20)14(2)3)13-25-19-11-10-15(4)12-16(19)5/h7-12,14H,6,13H2,1-5H3,(H,22,23). The average molecular weight is 341 g/mol. The third kappa shape index (κ3) is 4.99. The molecule has 0 aliphatic carbocycles. The molecular weight excluding hydrogens is 314 g/mol. The molecule has 0 saturated heterocycles. The molecule has 2 rings (SSSR count). The minimum Gasteiger partial charge on any atom is -0.489 e. The molecule has 2 aromatic rings. The van der Waals surface area contributed by atoms with Crippen LogP contribution >= 0.6 is 0 Å². The fourth-order valence-corrected chi connectivity index (χ4v) is 2.76. The Balaban J connectivity index is 2.26. The van der Waals surface area contributed by atoms with Crippen LogP contribution in [0.4, 0.5) is 10.5 Å². The molecule has 0 unspecified atom stereocenters. The van der Waals surface area contributed by atoms with Gasteiger partial charge in [0.25, 0.3) is 0 Å². The predicted octanol–water partition coefficient (Wildman–Crippen LogP) is 5.57. The maximum atomic E-state index is 11.9. The van der Waals surface area contributed by atoms with Crippen molar-refractivity contribution in [2.75, 3.05) is 11.9 Å². The Morgan fingerprint density at radius 2 is 1.92 bits per heavy atom. The van der Waals surface area contributed by atoms with E-state index in [1.807, 2.05) is 37.3 Å². The molecule has 0 heterocycles. The number of nitrogens with one attached hydrogen (secondary N) is 1. The molecule has 4 nitrogen and oxygen atoms in total. The number of hydrogen-bond acceptors (Lipinski definition) is 3. The molecule has 0 aliphatic rings. The molecule has 0 aliphatic heterocycles. The fourth-order valence-electron chi connectivity index (χ4n) is 2.76. The molecule has 2 aromatic carbocycles. The maximum absolute atomic E-state index is 11.9. The highest BCUT2D eigenvalue weighted by molar-refractivity contribution is 5.87. The number of hydrogen-bond donors (Lipinski definition) is 1. The molecule has 1 amide bonds. The van der Waals surface area contributed by atoms with Crippen LogP contribution in [0.3, 0.4) is 0 Å². The quantitative estimate of drug-likeness (QED) is 0.746. The fraction of sp³-hybridized carbons (Fsp3) is 0.381. The summed E-state index contributed by atoms with van der Waals surface area (Å²) < 4.78 is 11.0. The molecule has 0 radical (unpaired) electrons. The van der Waals surface area contributed by atoms with E-state index in [9.17, 15) is 4.79 Å². The molecule has 0 aromatic heterocycles. The topological polar surface area (TPSA) is 47.6 Å². The van der Waals surface area contributed by atoms with Crippen molar-refractivity contribution >= 4 is 11.8 Å². The van der Waals surface area contributed by atoms with Gasteiger partial charge in [-0.1, -0.05) is 49.7 Å². The van der Waals surface area contributed by atoms with Crippen molar-refractivity contribution in [1.82, 2.24) is 0 Å². The number of benzene rings is 2. The van der Waals surface area contributed by atoms with Gasteiger partial charge in [-0.2, -0.15) is 0 Å². The van der Waals surface area contributed by atoms with E-state index in [-0.39, 0.29) is 5.92 Å². The van der Waals surface area contributed by atoms with Gasteiger partial charge in [-0.05, 0) is 43.9 Å². The van der Waals surface area contributed by atoms with Gasteiger partial charge in [0.15, 0.2) is 0 Å². The zero-order chi connectivity index (χ0) is 18.4. The van der Waals surface area contributed by atoms with E-state index < -0.39 is 6.09 Å². The zero-order valence-corrected chi connectivity index (χ0v) is 15.7. The van der Waals surface area contributed by atoms with Gasteiger partial charge < -0.3 is 9.47 Å². The Morgan fingerprint density at radius 3 is 2.56 bits per heavy atom. The highest BCUT2D eigenvalue weighted by atomic mass is 16.5. The number of carbonyl (C=O) groups excluding carboxylic acids is 1. The van der Waals surface area contributed by atoms with Crippen molar-refractivity contribution in [2.24, 2.45) is 0 Å². The van der Waals surface area contributed by atoms with Crippen LogP contribution < -0.4 is 10.1 Å². The summed E-state index contributed by atoms with van der Waals surface area (Å²) in [4.78, 5) is 11.9. The molecule has 0 spiro atoms. The lowest BCUT2D eigenvalue weighted by Gasteiger charge is -2.18. The SMILES string of the molecule is CCOC(=O)Nc1c(COc2ccc(C)cc2C)cccc1C(C)C. The van der Waals surface area contributed by atoms with Crippen molar-refractivity contribution in [1.29, 1.82) is 0 Å². The summed E-state index contributed by atoms with van der Waals surface area (Å²) in [6.07, 6.45) is -0.441. The third-order valence-corrected chi connectivity index (χ3v) is 4.02. The van der Waals surface area contributed by atoms with Gasteiger partial charge in [-0.3, -0.25) is 5.32 Å². The van der Waals surface area contributed by atoms with Crippen LogP contribution in [0.25, 0.3) is 0 Å². The van der Waals surface area contributed by atoms with Gasteiger partial charge in [-0.25, -0.2) is 4.79 Å². The zero-order valence-electron chi connectivity index (χ0n) is 15.7. The first-order valence-corrected chi connectivity index (χ1v) is 8.68. The Hall–Kier alpha value is -2.49. The van der Waals surface area contributed by atoms with Gasteiger partial charge in [0.1, 0.15) is 12.4 Å². The Bertz CT molecular complexity index is 738. The number of carbonyl (C=O) groups is 1. The van der Waals surface area contributed by atoms with E-state index in [0.29, 0.717) is 13.2 Å². The van der Waals surface area contributed by atoms with E-state index in [0.717, 1.165) is 28.1 Å². The Labute approximate surface area is 150 Å². The molecule has 0 fully saturated rings. The predicted molar refractivity (Wildman–Crippen MR) is 101 cm³/mol. The summed E-state index contributed by atoms with van der Waals surface area (Å²) in [5.74, 6) is 1.13. The number of ether oxygens (including phenoxy) is 2. The number of amides is 1.